The van der Waals surface area contributed by atoms with Crippen molar-refractivity contribution in [1.82, 2.24) is 0 Å². The first-order valence-corrected chi connectivity index (χ1v) is 13.3. The van der Waals surface area contributed by atoms with Crippen molar-refractivity contribution >= 4 is 54.3 Å². The minimum atomic E-state index is -0.456. The van der Waals surface area contributed by atoms with Gasteiger partial charge in [0.05, 0.1) is 13.7 Å². The van der Waals surface area contributed by atoms with Crippen molar-refractivity contribution in [3.05, 3.63) is 145 Å². The molecule has 1 heteroatoms. The van der Waals surface area contributed by atoms with E-state index in [0.29, 0.717) is 27.7 Å². The fraction of sp³-hybridized carbons (Fsp3) is 0. The predicted octanol–water partition coefficient (Wildman–Crippen LogP) is 11.5. The van der Waals surface area contributed by atoms with Crippen molar-refractivity contribution in [2.24, 2.45) is 0 Å². The lowest BCUT2D eigenvalue weighted by Crippen LogP contribution is -1.90. The van der Waals surface area contributed by atoms with Crippen molar-refractivity contribution in [1.29, 1.82) is 0 Å². The van der Waals surface area contributed by atoms with Crippen molar-refractivity contribution < 1.29 is 18.1 Å². The van der Waals surface area contributed by atoms with Gasteiger partial charge < -0.3 is 4.42 Å². The second-order valence-corrected chi connectivity index (χ2v) is 10.1. The maximum atomic E-state index is 8.74. The number of rotatable bonds is 3. The lowest BCUT2D eigenvalue weighted by atomic mass is 9.86. The summed E-state index contributed by atoms with van der Waals surface area (Å²) in [5.41, 5.74) is 4.07. The van der Waals surface area contributed by atoms with E-state index in [1.165, 1.54) is 0 Å². The van der Waals surface area contributed by atoms with Crippen molar-refractivity contribution in [2.45, 2.75) is 0 Å². The van der Waals surface area contributed by atoms with Crippen LogP contribution in [0.15, 0.2) is 150 Å². The molecule has 0 amide bonds. The molecule has 0 aliphatic carbocycles. The molecule has 0 spiro atoms. The van der Waals surface area contributed by atoms with Gasteiger partial charge in [-0.05, 0) is 77.8 Å². The van der Waals surface area contributed by atoms with Crippen LogP contribution in [0.1, 0.15) is 13.7 Å². The fourth-order valence-electron chi connectivity index (χ4n) is 6.32. The van der Waals surface area contributed by atoms with Gasteiger partial charge in [0.1, 0.15) is 11.2 Å². The Morgan fingerprint density at radius 1 is 0.390 bits per heavy atom. The third kappa shape index (κ3) is 3.24. The molecular formula is C40H24O. The Labute approximate surface area is 251 Å². The molecule has 0 unspecified atom stereocenters. The van der Waals surface area contributed by atoms with Crippen LogP contribution in [-0.2, 0) is 0 Å². The third-order valence-electron chi connectivity index (χ3n) is 8.02. The zero-order valence-electron chi connectivity index (χ0n) is 31.5. The van der Waals surface area contributed by atoms with Crippen LogP contribution in [0.2, 0.25) is 0 Å². The highest BCUT2D eigenvalue weighted by atomic mass is 16.3. The van der Waals surface area contributed by atoms with Crippen molar-refractivity contribution in [3.63, 3.8) is 0 Å². The summed E-state index contributed by atoms with van der Waals surface area (Å²) >= 11 is 0. The molecule has 0 fully saturated rings. The molecule has 0 aliphatic heterocycles. The zero-order chi connectivity index (χ0) is 35.6. The Bertz CT molecular complexity index is 2920. The van der Waals surface area contributed by atoms with Gasteiger partial charge in [-0.2, -0.15) is 0 Å². The Balaban J connectivity index is 1.37. The topological polar surface area (TPSA) is 13.1 Å². The van der Waals surface area contributed by atoms with Gasteiger partial charge in [-0.3, -0.25) is 0 Å². The van der Waals surface area contributed by atoms with Crippen LogP contribution in [0.5, 0.6) is 0 Å². The minimum absolute atomic E-state index is 0.0969. The number of benzene rings is 8. The van der Waals surface area contributed by atoms with Crippen LogP contribution in [0.25, 0.3) is 87.6 Å². The van der Waals surface area contributed by atoms with Gasteiger partial charge in [-0.1, -0.05) is 133 Å². The Morgan fingerprint density at radius 2 is 0.878 bits per heavy atom. The van der Waals surface area contributed by atoms with E-state index < -0.39 is 24.2 Å². The highest BCUT2D eigenvalue weighted by molar-refractivity contribution is 6.29. The Morgan fingerprint density at radius 3 is 1.51 bits per heavy atom. The SMILES string of the molecule is [2H]c1c([2H])c([2H])c(-c2ccc3ccc4c(-c5cccc6oc7cccc(-c8c([2H])c([2H])c([2H])c([2H])c8[2H])c7c56)ccc5ccc2c3c54)c([2H])c1[2H]. The van der Waals surface area contributed by atoms with Gasteiger partial charge in [0.25, 0.3) is 0 Å². The highest BCUT2D eigenvalue weighted by Gasteiger charge is 2.19. The van der Waals surface area contributed by atoms with Gasteiger partial charge in [0, 0.05) is 10.8 Å². The van der Waals surface area contributed by atoms with Crippen LogP contribution in [0.4, 0.5) is 0 Å². The molecular weight excluding hydrogens is 496 g/mol. The molecule has 9 rings (SSSR count). The molecule has 8 aromatic carbocycles. The summed E-state index contributed by atoms with van der Waals surface area (Å²) in [4.78, 5) is 0. The maximum absolute atomic E-state index is 8.74. The van der Waals surface area contributed by atoms with Gasteiger partial charge in [0.15, 0.2) is 0 Å². The summed E-state index contributed by atoms with van der Waals surface area (Å²) in [6, 6.07) is 23.3. The number of hydrogen-bond acceptors (Lipinski definition) is 1. The van der Waals surface area contributed by atoms with E-state index in [0.717, 1.165) is 48.8 Å². The number of fused-ring (bicyclic) bond motifs is 3. The normalized spacial score (nSPS) is 15.3. The quantitative estimate of drug-likeness (QED) is 0.207. The van der Waals surface area contributed by atoms with E-state index in [2.05, 4.69) is 6.07 Å². The summed E-state index contributed by atoms with van der Waals surface area (Å²) in [6.07, 6.45) is 0. The fourth-order valence-corrected chi connectivity index (χ4v) is 6.32. The predicted molar refractivity (Wildman–Crippen MR) is 174 cm³/mol. The van der Waals surface area contributed by atoms with E-state index in [-0.39, 0.29) is 47.4 Å². The molecule has 0 aliphatic rings. The average Bonchev–Trinajstić information content (AvgIpc) is 3.54. The molecule has 9 aromatic rings. The van der Waals surface area contributed by atoms with E-state index >= 15 is 0 Å². The van der Waals surface area contributed by atoms with Crippen LogP contribution in [0.3, 0.4) is 0 Å². The second kappa shape index (κ2) is 8.55. The molecule has 0 bridgehead atoms. The monoisotopic (exact) mass is 530 g/mol. The first-order valence-electron chi connectivity index (χ1n) is 18.3. The van der Waals surface area contributed by atoms with E-state index in [9.17, 15) is 0 Å². The standard InChI is InChI=1S/C40H24O/c1-3-9-25(10-4-1)29-21-17-27-20-24-34-31(22-18-28-19-23-33(29)37(27)38(28)34)32-14-8-16-36-40(32)39-30(13-7-15-35(39)41-36)26-11-5-2-6-12-26/h1-24H/i1D,2D,3D,4D,5D,6D,9D,10D,11D,12D. The molecule has 1 aromatic heterocycles. The molecule has 0 saturated heterocycles. The van der Waals surface area contributed by atoms with Gasteiger partial charge in [-0.25, -0.2) is 0 Å². The molecule has 41 heavy (non-hydrogen) atoms. The molecule has 0 radical (unpaired) electrons. The van der Waals surface area contributed by atoms with E-state index in [1.54, 1.807) is 12.1 Å². The van der Waals surface area contributed by atoms with Crippen LogP contribution < -0.4 is 0 Å². The minimum Gasteiger partial charge on any atom is -0.456 e. The van der Waals surface area contributed by atoms with Crippen molar-refractivity contribution in [2.75, 3.05) is 0 Å². The maximum Gasteiger partial charge on any atom is 0.136 e. The van der Waals surface area contributed by atoms with Crippen LogP contribution in [0, 0.1) is 0 Å². The lowest BCUT2D eigenvalue weighted by molar-refractivity contribution is 0.669. The molecule has 0 saturated carbocycles. The summed E-state index contributed by atoms with van der Waals surface area (Å²) in [5, 5.41) is 6.82. The van der Waals surface area contributed by atoms with E-state index in [1.807, 2.05) is 66.7 Å². The number of furan rings is 1. The van der Waals surface area contributed by atoms with Gasteiger partial charge in [-0.15, -0.1) is 0 Å². The van der Waals surface area contributed by atoms with Gasteiger partial charge >= 0.3 is 0 Å². The lowest BCUT2D eigenvalue weighted by Gasteiger charge is -2.17. The van der Waals surface area contributed by atoms with Crippen molar-refractivity contribution in [3.8, 4) is 33.4 Å². The zero-order valence-corrected chi connectivity index (χ0v) is 21.5. The molecule has 190 valence electrons. The molecule has 1 nitrogen and oxygen atoms in total. The first kappa shape index (κ1) is 14.8. The summed E-state index contributed by atoms with van der Waals surface area (Å²) in [5.74, 6) is 0. The Kier molecular flexibility index (Phi) is 3.09. The molecule has 1 heterocycles. The Hall–Kier alpha value is -5.40. The molecule has 0 atom stereocenters. The van der Waals surface area contributed by atoms with Crippen LogP contribution >= 0.6 is 0 Å². The summed E-state index contributed by atoms with van der Waals surface area (Å²) in [7, 11) is 0. The summed E-state index contributed by atoms with van der Waals surface area (Å²) in [6.45, 7) is 0. The second-order valence-electron chi connectivity index (χ2n) is 10.1. The average molecular weight is 531 g/mol. The third-order valence-corrected chi connectivity index (χ3v) is 8.02. The largest absolute Gasteiger partial charge is 0.456 e. The van der Waals surface area contributed by atoms with Gasteiger partial charge in [0.2, 0.25) is 0 Å². The summed E-state index contributed by atoms with van der Waals surface area (Å²) < 4.78 is 90.7. The van der Waals surface area contributed by atoms with Crippen LogP contribution in [-0.4, -0.2) is 0 Å². The first-order chi connectivity index (χ1) is 24.5. The van der Waals surface area contributed by atoms with E-state index in [4.69, 9.17) is 18.1 Å². The smallest absolute Gasteiger partial charge is 0.136 e. The molecule has 0 N–H and O–H groups in total. The number of hydrogen-bond donors (Lipinski definition) is 0. The highest BCUT2D eigenvalue weighted by Crippen LogP contribution is 2.46.